The van der Waals surface area contributed by atoms with Gasteiger partial charge in [-0.3, -0.25) is 4.79 Å². The molecule has 1 aliphatic heterocycles. The van der Waals surface area contributed by atoms with Crippen molar-refractivity contribution < 1.29 is 9.90 Å². The summed E-state index contributed by atoms with van der Waals surface area (Å²) in [6, 6.07) is 0. The Labute approximate surface area is 131 Å². The number of carbonyl (C=O) groups excluding carboxylic acids is 1. The van der Waals surface area contributed by atoms with E-state index in [2.05, 4.69) is 15.7 Å². The monoisotopic (exact) mass is 306 g/mol. The van der Waals surface area contributed by atoms with E-state index in [4.69, 9.17) is 0 Å². The van der Waals surface area contributed by atoms with Gasteiger partial charge in [-0.1, -0.05) is 19.3 Å². The van der Waals surface area contributed by atoms with Gasteiger partial charge in [0.05, 0.1) is 11.8 Å². The Kier molecular flexibility index (Phi) is 4.66. The van der Waals surface area contributed by atoms with E-state index in [9.17, 15) is 9.90 Å². The number of aliphatic hydroxyl groups excluding tert-OH is 1. The van der Waals surface area contributed by atoms with Crippen molar-refractivity contribution in [3.05, 3.63) is 11.3 Å². The van der Waals surface area contributed by atoms with E-state index in [1.807, 2.05) is 11.6 Å². The van der Waals surface area contributed by atoms with Crippen LogP contribution in [0.2, 0.25) is 0 Å². The Morgan fingerprint density at radius 1 is 1.41 bits per heavy atom. The number of carbonyl (C=O) groups is 1. The van der Waals surface area contributed by atoms with Gasteiger partial charge in [0.2, 0.25) is 0 Å². The number of aromatic nitrogens is 2. The van der Waals surface area contributed by atoms with Crippen LogP contribution in [-0.4, -0.2) is 40.0 Å². The van der Waals surface area contributed by atoms with Gasteiger partial charge in [0.25, 0.3) is 5.91 Å². The number of aliphatic hydroxyl groups is 1. The molecule has 2 heterocycles. The quantitative estimate of drug-likeness (QED) is 0.791. The lowest BCUT2D eigenvalue weighted by Crippen LogP contribution is -2.37. The van der Waals surface area contributed by atoms with Gasteiger partial charge in [0, 0.05) is 19.6 Å². The van der Waals surface area contributed by atoms with Crippen molar-refractivity contribution in [1.82, 2.24) is 15.1 Å². The molecule has 122 valence electrons. The molecule has 6 nitrogen and oxygen atoms in total. The van der Waals surface area contributed by atoms with Crippen molar-refractivity contribution in [1.29, 1.82) is 0 Å². The molecule has 1 saturated carbocycles. The van der Waals surface area contributed by atoms with E-state index < -0.39 is 6.10 Å². The minimum Gasteiger partial charge on any atom is -0.391 e. The highest BCUT2D eigenvalue weighted by Crippen LogP contribution is 2.26. The van der Waals surface area contributed by atoms with E-state index >= 15 is 0 Å². The maximum absolute atomic E-state index is 12.5. The lowest BCUT2D eigenvalue weighted by molar-refractivity contribution is 0.0738. The summed E-state index contributed by atoms with van der Waals surface area (Å²) < 4.78 is 1.87. The maximum atomic E-state index is 12.5. The van der Waals surface area contributed by atoms with Crippen LogP contribution in [0, 0.1) is 12.8 Å². The minimum atomic E-state index is -0.441. The molecule has 2 aliphatic rings. The van der Waals surface area contributed by atoms with Gasteiger partial charge < -0.3 is 15.7 Å². The standard InChI is InChI=1S/C16H26N4O2/c1-11-14(15-17-8-5-9-20(15)19-11)16(22)18-10-13(21)12-6-3-2-4-7-12/h12-13,17,21H,2-10H2,1H3,(H,18,22). The average molecular weight is 306 g/mol. The van der Waals surface area contributed by atoms with Crippen molar-refractivity contribution in [3.8, 4) is 0 Å². The Bertz CT molecular complexity index is 534. The molecule has 0 aromatic carbocycles. The zero-order valence-electron chi connectivity index (χ0n) is 13.3. The van der Waals surface area contributed by atoms with Gasteiger partial charge in [-0.05, 0) is 32.1 Å². The summed E-state index contributed by atoms with van der Waals surface area (Å²) in [6.07, 6.45) is 6.37. The topological polar surface area (TPSA) is 79.2 Å². The van der Waals surface area contributed by atoms with Crippen LogP contribution in [0.25, 0.3) is 0 Å². The Balaban J connectivity index is 1.61. The van der Waals surface area contributed by atoms with Crippen molar-refractivity contribution in [2.24, 2.45) is 5.92 Å². The molecular weight excluding hydrogens is 280 g/mol. The molecule has 1 atom stereocenters. The Hall–Kier alpha value is -1.56. The first-order valence-electron chi connectivity index (χ1n) is 8.44. The van der Waals surface area contributed by atoms with Crippen molar-refractivity contribution in [3.63, 3.8) is 0 Å². The molecule has 0 saturated heterocycles. The highest BCUT2D eigenvalue weighted by atomic mass is 16.3. The summed E-state index contributed by atoms with van der Waals surface area (Å²) in [5.74, 6) is 1.01. The number of fused-ring (bicyclic) bond motifs is 1. The SMILES string of the molecule is Cc1nn2c(c1C(=O)NCC(O)C1CCCCC1)NCCC2. The molecule has 1 aromatic heterocycles. The van der Waals surface area contributed by atoms with Gasteiger partial charge in [0.1, 0.15) is 11.4 Å². The molecule has 0 bridgehead atoms. The second-order valence-corrected chi connectivity index (χ2v) is 6.49. The fourth-order valence-corrected chi connectivity index (χ4v) is 3.60. The van der Waals surface area contributed by atoms with E-state index in [-0.39, 0.29) is 5.91 Å². The first-order chi connectivity index (χ1) is 10.7. The number of amides is 1. The van der Waals surface area contributed by atoms with Crippen molar-refractivity contribution >= 4 is 11.7 Å². The van der Waals surface area contributed by atoms with Crippen LogP contribution >= 0.6 is 0 Å². The lowest BCUT2D eigenvalue weighted by Gasteiger charge is -2.26. The largest absolute Gasteiger partial charge is 0.391 e. The molecule has 1 aromatic rings. The highest BCUT2D eigenvalue weighted by molar-refractivity contribution is 6.00. The lowest BCUT2D eigenvalue weighted by atomic mass is 9.85. The van der Waals surface area contributed by atoms with Gasteiger partial charge in [0.15, 0.2) is 0 Å². The van der Waals surface area contributed by atoms with Crippen LogP contribution in [0.3, 0.4) is 0 Å². The third kappa shape index (κ3) is 3.11. The molecule has 22 heavy (non-hydrogen) atoms. The summed E-state index contributed by atoms with van der Waals surface area (Å²) in [5, 5.41) is 20.8. The third-order valence-electron chi connectivity index (χ3n) is 4.86. The molecule has 1 fully saturated rings. The predicted octanol–water partition coefficient (Wildman–Crippen LogP) is 1.68. The number of hydrogen-bond donors (Lipinski definition) is 3. The second-order valence-electron chi connectivity index (χ2n) is 6.49. The summed E-state index contributed by atoms with van der Waals surface area (Å²) >= 11 is 0. The Morgan fingerprint density at radius 2 is 2.18 bits per heavy atom. The normalized spacial score (nSPS) is 20.1. The molecule has 1 amide bonds. The van der Waals surface area contributed by atoms with E-state index in [1.165, 1.54) is 19.3 Å². The van der Waals surface area contributed by atoms with Crippen molar-refractivity contribution in [2.75, 3.05) is 18.4 Å². The van der Waals surface area contributed by atoms with Gasteiger partial charge >= 0.3 is 0 Å². The zero-order chi connectivity index (χ0) is 15.5. The minimum absolute atomic E-state index is 0.136. The van der Waals surface area contributed by atoms with Crippen LogP contribution in [0.1, 0.15) is 54.6 Å². The number of hydrogen-bond acceptors (Lipinski definition) is 4. The fourth-order valence-electron chi connectivity index (χ4n) is 3.60. The van der Waals surface area contributed by atoms with E-state index in [0.717, 1.165) is 43.9 Å². The molecule has 3 rings (SSSR count). The average Bonchev–Trinajstić information content (AvgIpc) is 2.89. The van der Waals surface area contributed by atoms with Crippen LogP contribution in [0.4, 0.5) is 5.82 Å². The number of anilines is 1. The maximum Gasteiger partial charge on any atom is 0.257 e. The zero-order valence-corrected chi connectivity index (χ0v) is 13.3. The number of aryl methyl sites for hydroxylation is 2. The Morgan fingerprint density at radius 3 is 2.95 bits per heavy atom. The van der Waals surface area contributed by atoms with Gasteiger partial charge in [-0.15, -0.1) is 0 Å². The summed E-state index contributed by atoms with van der Waals surface area (Å²) in [4.78, 5) is 12.5. The molecule has 3 N–H and O–H groups in total. The van der Waals surface area contributed by atoms with Crippen LogP contribution in [0.15, 0.2) is 0 Å². The molecule has 1 aliphatic carbocycles. The van der Waals surface area contributed by atoms with Gasteiger partial charge in [-0.25, -0.2) is 4.68 Å². The van der Waals surface area contributed by atoms with E-state index in [1.54, 1.807) is 0 Å². The third-order valence-corrected chi connectivity index (χ3v) is 4.86. The van der Waals surface area contributed by atoms with Crippen LogP contribution in [-0.2, 0) is 6.54 Å². The highest BCUT2D eigenvalue weighted by Gasteiger charge is 2.26. The molecule has 0 spiro atoms. The van der Waals surface area contributed by atoms with Crippen LogP contribution in [0.5, 0.6) is 0 Å². The first-order valence-corrected chi connectivity index (χ1v) is 8.44. The number of rotatable bonds is 4. The summed E-state index contributed by atoms with van der Waals surface area (Å²) in [6.45, 7) is 3.91. The summed E-state index contributed by atoms with van der Waals surface area (Å²) in [5.41, 5.74) is 1.37. The van der Waals surface area contributed by atoms with E-state index in [0.29, 0.717) is 18.0 Å². The first kappa shape index (κ1) is 15.3. The van der Waals surface area contributed by atoms with Crippen molar-refractivity contribution in [2.45, 2.75) is 58.1 Å². The molecule has 1 unspecified atom stereocenters. The molecule has 0 radical (unpaired) electrons. The molecule has 6 heteroatoms. The number of nitrogens with one attached hydrogen (secondary N) is 2. The number of nitrogens with zero attached hydrogens (tertiary/aromatic N) is 2. The smallest absolute Gasteiger partial charge is 0.257 e. The molecular formula is C16H26N4O2. The second kappa shape index (κ2) is 6.69. The predicted molar refractivity (Wildman–Crippen MR) is 85.0 cm³/mol. The van der Waals surface area contributed by atoms with Gasteiger partial charge in [-0.2, -0.15) is 5.10 Å². The van der Waals surface area contributed by atoms with Crippen LogP contribution < -0.4 is 10.6 Å². The fraction of sp³-hybridized carbons (Fsp3) is 0.750. The summed E-state index contributed by atoms with van der Waals surface area (Å²) in [7, 11) is 0.